The van der Waals surface area contributed by atoms with Crippen molar-refractivity contribution in [2.75, 3.05) is 11.3 Å². The molecule has 0 spiro atoms. The van der Waals surface area contributed by atoms with Crippen molar-refractivity contribution in [2.24, 2.45) is 0 Å². The predicted octanol–water partition coefficient (Wildman–Crippen LogP) is 3.17. The third kappa shape index (κ3) is 3.46. The van der Waals surface area contributed by atoms with E-state index in [0.717, 1.165) is 0 Å². The predicted molar refractivity (Wildman–Crippen MR) is 82.1 cm³/mol. The molecule has 2 aromatic carbocycles. The van der Waals surface area contributed by atoms with E-state index in [9.17, 15) is 8.42 Å². The second-order valence-corrected chi connectivity index (χ2v) is 6.19. The molecule has 1 N–H and O–H groups in total. The highest BCUT2D eigenvalue weighted by Gasteiger charge is 2.15. The Hall–Kier alpha value is -1.66. The maximum absolute atomic E-state index is 12.2. The van der Waals surface area contributed by atoms with Gasteiger partial charge in [-0.3, -0.25) is 4.72 Å². The zero-order valence-corrected chi connectivity index (χ0v) is 12.6. The third-order valence-corrected chi connectivity index (χ3v) is 4.36. The molecule has 0 aliphatic rings. The number of rotatable bonds is 5. The van der Waals surface area contributed by atoms with Gasteiger partial charge in [-0.05, 0) is 43.3 Å². The van der Waals surface area contributed by atoms with Gasteiger partial charge in [0.05, 0.1) is 17.2 Å². The van der Waals surface area contributed by atoms with Gasteiger partial charge in [0.15, 0.2) is 0 Å². The Bertz CT molecular complexity index is 682. The molecular formula is C14H15NO3S2. The third-order valence-electron chi connectivity index (χ3n) is 2.59. The molecule has 106 valence electrons. The van der Waals surface area contributed by atoms with Gasteiger partial charge in [-0.15, -0.1) is 12.6 Å². The first kappa shape index (κ1) is 14.7. The first-order valence-electron chi connectivity index (χ1n) is 6.06. The molecule has 0 unspecified atom stereocenters. The summed E-state index contributed by atoms with van der Waals surface area (Å²) in [5.41, 5.74) is 0.449. The van der Waals surface area contributed by atoms with Gasteiger partial charge in [0.1, 0.15) is 5.75 Å². The van der Waals surface area contributed by atoms with Crippen LogP contribution in [0, 0.1) is 0 Å². The van der Waals surface area contributed by atoms with Gasteiger partial charge in [-0.1, -0.05) is 12.1 Å². The fourth-order valence-electron chi connectivity index (χ4n) is 1.65. The number of sulfonamides is 1. The Balaban J connectivity index is 2.24. The van der Waals surface area contributed by atoms with Crippen LogP contribution in [-0.4, -0.2) is 15.0 Å². The van der Waals surface area contributed by atoms with E-state index >= 15 is 0 Å². The maximum atomic E-state index is 12.2. The topological polar surface area (TPSA) is 55.4 Å². The molecule has 0 radical (unpaired) electrons. The minimum atomic E-state index is -3.62. The summed E-state index contributed by atoms with van der Waals surface area (Å²) in [6.45, 7) is 2.41. The zero-order chi connectivity index (χ0) is 14.6. The molecule has 20 heavy (non-hydrogen) atoms. The van der Waals surface area contributed by atoms with E-state index in [1.807, 2.05) is 6.92 Å². The molecule has 0 fully saturated rings. The fourth-order valence-corrected chi connectivity index (χ4v) is 3.02. The summed E-state index contributed by atoms with van der Waals surface area (Å²) in [5.74, 6) is 0.640. The van der Waals surface area contributed by atoms with Crippen molar-refractivity contribution in [2.45, 2.75) is 16.7 Å². The van der Waals surface area contributed by atoms with Crippen molar-refractivity contribution >= 4 is 28.3 Å². The quantitative estimate of drug-likeness (QED) is 0.834. The molecule has 6 heteroatoms. The highest BCUT2D eigenvalue weighted by molar-refractivity contribution is 7.92. The molecule has 0 amide bonds. The molecule has 0 saturated carbocycles. The molecule has 0 aliphatic carbocycles. The van der Waals surface area contributed by atoms with Crippen LogP contribution in [0.4, 0.5) is 5.69 Å². The normalized spacial score (nSPS) is 11.1. The van der Waals surface area contributed by atoms with E-state index in [0.29, 0.717) is 22.9 Å². The van der Waals surface area contributed by atoms with E-state index in [1.165, 1.54) is 12.1 Å². The number of ether oxygens (including phenoxy) is 1. The van der Waals surface area contributed by atoms with Crippen molar-refractivity contribution in [3.63, 3.8) is 0 Å². The van der Waals surface area contributed by atoms with Crippen LogP contribution in [0.5, 0.6) is 5.75 Å². The van der Waals surface area contributed by atoms with Gasteiger partial charge in [0.2, 0.25) is 0 Å². The standard InChI is InChI=1S/C14H15NO3S2/c1-2-18-11-7-9-12(10-8-11)20(16,17)15-13-5-3-4-6-14(13)19/h3-10,15,19H,2H2,1H3. The van der Waals surface area contributed by atoms with Gasteiger partial charge in [0, 0.05) is 4.90 Å². The maximum Gasteiger partial charge on any atom is 0.261 e. The van der Waals surface area contributed by atoms with E-state index in [4.69, 9.17) is 4.74 Å². The van der Waals surface area contributed by atoms with Gasteiger partial charge in [-0.25, -0.2) is 8.42 Å². The monoisotopic (exact) mass is 309 g/mol. The van der Waals surface area contributed by atoms with Crippen molar-refractivity contribution in [1.82, 2.24) is 0 Å². The molecule has 0 heterocycles. The number of thiol groups is 1. The van der Waals surface area contributed by atoms with E-state index in [1.54, 1.807) is 36.4 Å². The van der Waals surface area contributed by atoms with Gasteiger partial charge in [-0.2, -0.15) is 0 Å². The molecule has 4 nitrogen and oxygen atoms in total. The van der Waals surface area contributed by atoms with Crippen LogP contribution in [0.25, 0.3) is 0 Å². The molecule has 0 bridgehead atoms. The fraction of sp³-hybridized carbons (Fsp3) is 0.143. The molecule has 2 aromatic rings. The number of para-hydroxylation sites is 1. The SMILES string of the molecule is CCOc1ccc(S(=O)(=O)Nc2ccccc2S)cc1. The number of benzene rings is 2. The molecule has 0 saturated heterocycles. The van der Waals surface area contributed by atoms with Crippen LogP contribution in [0.3, 0.4) is 0 Å². The summed E-state index contributed by atoms with van der Waals surface area (Å²) in [5, 5.41) is 0. The summed E-state index contributed by atoms with van der Waals surface area (Å²) in [4.78, 5) is 0.750. The van der Waals surface area contributed by atoms with E-state index in [-0.39, 0.29) is 4.90 Å². The lowest BCUT2D eigenvalue weighted by Crippen LogP contribution is -2.13. The average molecular weight is 309 g/mol. The van der Waals surface area contributed by atoms with E-state index in [2.05, 4.69) is 17.4 Å². The first-order chi connectivity index (χ1) is 9.53. The smallest absolute Gasteiger partial charge is 0.261 e. The Morgan fingerprint density at radius 2 is 1.75 bits per heavy atom. The number of nitrogens with one attached hydrogen (secondary N) is 1. The van der Waals surface area contributed by atoms with Crippen LogP contribution in [0.2, 0.25) is 0 Å². The minimum Gasteiger partial charge on any atom is -0.494 e. The average Bonchev–Trinajstić information content (AvgIpc) is 2.42. The van der Waals surface area contributed by atoms with E-state index < -0.39 is 10.0 Å². The van der Waals surface area contributed by atoms with Crippen molar-refractivity contribution in [1.29, 1.82) is 0 Å². The Kier molecular flexibility index (Phi) is 4.57. The van der Waals surface area contributed by atoms with Crippen molar-refractivity contribution in [3.8, 4) is 5.75 Å². The first-order valence-corrected chi connectivity index (χ1v) is 7.99. The highest BCUT2D eigenvalue weighted by atomic mass is 32.2. The molecular weight excluding hydrogens is 294 g/mol. The summed E-state index contributed by atoms with van der Waals surface area (Å²) < 4.78 is 32.3. The Morgan fingerprint density at radius 1 is 1.10 bits per heavy atom. The summed E-state index contributed by atoms with van der Waals surface area (Å²) in [7, 11) is -3.62. The van der Waals surface area contributed by atoms with Gasteiger partial charge >= 0.3 is 0 Å². The molecule has 0 atom stereocenters. The number of hydrogen-bond acceptors (Lipinski definition) is 4. The van der Waals surface area contributed by atoms with Crippen molar-refractivity contribution < 1.29 is 13.2 Å². The number of hydrogen-bond donors (Lipinski definition) is 2. The zero-order valence-electron chi connectivity index (χ0n) is 10.9. The second-order valence-electron chi connectivity index (χ2n) is 4.03. The lowest BCUT2D eigenvalue weighted by Gasteiger charge is -2.10. The van der Waals surface area contributed by atoms with Crippen LogP contribution >= 0.6 is 12.6 Å². The van der Waals surface area contributed by atoms with Gasteiger partial charge < -0.3 is 4.74 Å². The summed E-state index contributed by atoms with van der Waals surface area (Å²) >= 11 is 4.22. The van der Waals surface area contributed by atoms with Crippen molar-refractivity contribution in [3.05, 3.63) is 48.5 Å². The Morgan fingerprint density at radius 3 is 2.35 bits per heavy atom. The van der Waals surface area contributed by atoms with Crippen LogP contribution in [0.15, 0.2) is 58.3 Å². The minimum absolute atomic E-state index is 0.178. The largest absolute Gasteiger partial charge is 0.494 e. The van der Waals surface area contributed by atoms with Crippen LogP contribution < -0.4 is 9.46 Å². The second kappa shape index (κ2) is 6.19. The molecule has 0 aliphatic heterocycles. The van der Waals surface area contributed by atoms with Crippen LogP contribution in [-0.2, 0) is 10.0 Å². The molecule has 2 rings (SSSR count). The Labute approximate surface area is 124 Å². The number of anilines is 1. The lowest BCUT2D eigenvalue weighted by molar-refractivity contribution is 0.340. The van der Waals surface area contributed by atoms with Gasteiger partial charge in [0.25, 0.3) is 10.0 Å². The lowest BCUT2D eigenvalue weighted by atomic mass is 10.3. The van der Waals surface area contributed by atoms with Crippen LogP contribution in [0.1, 0.15) is 6.92 Å². The summed E-state index contributed by atoms with van der Waals surface area (Å²) in [6, 6.07) is 13.2. The molecule has 0 aromatic heterocycles. The summed E-state index contributed by atoms with van der Waals surface area (Å²) in [6.07, 6.45) is 0. The highest BCUT2D eigenvalue weighted by Crippen LogP contribution is 2.23.